The number of rotatable bonds is 3. The van der Waals surface area contributed by atoms with Crippen LogP contribution in [0.15, 0.2) is 41.4 Å². The SMILES string of the molecule is Cc1ccc(S)cc1C(=O)NCc1cccnn1. The number of amides is 1. The maximum Gasteiger partial charge on any atom is 0.251 e. The highest BCUT2D eigenvalue weighted by Crippen LogP contribution is 2.13. The second-order valence-corrected chi connectivity index (χ2v) is 4.41. The number of benzene rings is 1. The average Bonchev–Trinajstić information content (AvgIpc) is 2.40. The van der Waals surface area contributed by atoms with Gasteiger partial charge in [0.2, 0.25) is 0 Å². The zero-order chi connectivity index (χ0) is 13.0. The Morgan fingerprint density at radius 1 is 1.39 bits per heavy atom. The Morgan fingerprint density at radius 3 is 2.94 bits per heavy atom. The van der Waals surface area contributed by atoms with Crippen molar-refractivity contribution >= 4 is 18.5 Å². The molecule has 0 aliphatic rings. The lowest BCUT2D eigenvalue weighted by Crippen LogP contribution is -2.24. The van der Waals surface area contributed by atoms with Crippen molar-refractivity contribution in [2.45, 2.75) is 18.4 Å². The van der Waals surface area contributed by atoms with Crippen LogP contribution < -0.4 is 5.32 Å². The average molecular weight is 259 g/mol. The summed E-state index contributed by atoms with van der Waals surface area (Å²) in [6, 6.07) is 9.09. The number of hydrogen-bond acceptors (Lipinski definition) is 4. The molecule has 2 aromatic rings. The molecule has 0 saturated carbocycles. The van der Waals surface area contributed by atoms with Crippen molar-refractivity contribution in [3.8, 4) is 0 Å². The molecule has 0 unspecified atom stereocenters. The Labute approximate surface area is 111 Å². The van der Waals surface area contributed by atoms with Crippen molar-refractivity contribution in [2.75, 3.05) is 0 Å². The Bertz CT molecular complexity index is 557. The summed E-state index contributed by atoms with van der Waals surface area (Å²) in [5.74, 6) is -0.131. The van der Waals surface area contributed by atoms with E-state index in [4.69, 9.17) is 0 Å². The molecule has 0 atom stereocenters. The van der Waals surface area contributed by atoms with Crippen molar-refractivity contribution in [3.63, 3.8) is 0 Å². The van der Waals surface area contributed by atoms with Gasteiger partial charge in [0.05, 0.1) is 12.2 Å². The van der Waals surface area contributed by atoms with Gasteiger partial charge in [-0.2, -0.15) is 10.2 Å². The van der Waals surface area contributed by atoms with Crippen molar-refractivity contribution in [1.82, 2.24) is 15.5 Å². The smallest absolute Gasteiger partial charge is 0.251 e. The molecule has 18 heavy (non-hydrogen) atoms. The van der Waals surface area contributed by atoms with E-state index in [1.807, 2.05) is 25.1 Å². The van der Waals surface area contributed by atoms with Gasteiger partial charge < -0.3 is 5.32 Å². The van der Waals surface area contributed by atoms with Crippen molar-refractivity contribution in [3.05, 3.63) is 53.3 Å². The van der Waals surface area contributed by atoms with Crippen LogP contribution in [0.5, 0.6) is 0 Å². The lowest BCUT2D eigenvalue weighted by atomic mass is 10.1. The van der Waals surface area contributed by atoms with Crippen LogP contribution in [-0.4, -0.2) is 16.1 Å². The van der Waals surface area contributed by atoms with Crippen LogP contribution in [0, 0.1) is 6.92 Å². The predicted molar refractivity (Wildman–Crippen MR) is 71.6 cm³/mol. The van der Waals surface area contributed by atoms with E-state index in [2.05, 4.69) is 28.1 Å². The van der Waals surface area contributed by atoms with Crippen molar-refractivity contribution in [1.29, 1.82) is 0 Å². The van der Waals surface area contributed by atoms with E-state index in [0.717, 1.165) is 16.2 Å². The molecule has 1 N–H and O–H groups in total. The number of aryl methyl sites for hydroxylation is 1. The standard InChI is InChI=1S/C13H13N3OS/c1-9-4-5-11(18)7-12(9)13(17)14-8-10-3-2-6-15-16-10/h2-7,18H,8H2,1H3,(H,14,17). The maximum absolute atomic E-state index is 12.0. The fourth-order valence-corrected chi connectivity index (χ4v) is 1.75. The first-order valence-corrected chi connectivity index (χ1v) is 5.96. The van der Waals surface area contributed by atoms with E-state index < -0.39 is 0 Å². The number of thiol groups is 1. The van der Waals surface area contributed by atoms with E-state index in [9.17, 15) is 4.79 Å². The molecule has 1 amide bonds. The van der Waals surface area contributed by atoms with E-state index in [0.29, 0.717) is 12.1 Å². The number of aromatic nitrogens is 2. The molecule has 0 saturated heterocycles. The van der Waals surface area contributed by atoms with Gasteiger partial charge in [-0.05, 0) is 36.8 Å². The fourth-order valence-electron chi connectivity index (χ4n) is 1.55. The highest BCUT2D eigenvalue weighted by molar-refractivity contribution is 7.80. The minimum absolute atomic E-state index is 0.131. The molecular formula is C13H13N3OS. The number of carbonyl (C=O) groups is 1. The first kappa shape index (κ1) is 12.6. The third-order valence-corrected chi connectivity index (χ3v) is 2.80. The summed E-state index contributed by atoms with van der Waals surface area (Å²) < 4.78 is 0. The monoisotopic (exact) mass is 259 g/mol. The molecule has 0 aliphatic carbocycles. The van der Waals surface area contributed by atoms with Gasteiger partial charge >= 0.3 is 0 Å². The highest BCUT2D eigenvalue weighted by Gasteiger charge is 2.09. The van der Waals surface area contributed by atoms with Gasteiger partial charge in [-0.3, -0.25) is 4.79 Å². The summed E-state index contributed by atoms with van der Waals surface area (Å²) in [6.07, 6.45) is 1.60. The van der Waals surface area contributed by atoms with Crippen LogP contribution in [0.2, 0.25) is 0 Å². The lowest BCUT2D eigenvalue weighted by molar-refractivity contribution is 0.0949. The maximum atomic E-state index is 12.0. The number of nitrogens with one attached hydrogen (secondary N) is 1. The normalized spacial score (nSPS) is 10.1. The van der Waals surface area contributed by atoms with Gasteiger partial charge in [0, 0.05) is 16.7 Å². The molecule has 5 heteroatoms. The van der Waals surface area contributed by atoms with E-state index >= 15 is 0 Å². The summed E-state index contributed by atoms with van der Waals surface area (Å²) in [5.41, 5.74) is 2.28. The molecule has 92 valence electrons. The Morgan fingerprint density at radius 2 is 2.22 bits per heavy atom. The third kappa shape index (κ3) is 3.07. The van der Waals surface area contributed by atoms with Gasteiger partial charge in [0.25, 0.3) is 5.91 Å². The predicted octanol–water partition coefficient (Wildman–Crippen LogP) is 2.00. The lowest BCUT2D eigenvalue weighted by Gasteiger charge is -2.07. The number of nitrogens with zero attached hydrogens (tertiary/aromatic N) is 2. The molecule has 1 aromatic heterocycles. The van der Waals surface area contributed by atoms with Crippen molar-refractivity contribution < 1.29 is 4.79 Å². The summed E-state index contributed by atoms with van der Waals surface area (Å²) in [5, 5.41) is 10.5. The number of carbonyl (C=O) groups excluding carboxylic acids is 1. The number of hydrogen-bond donors (Lipinski definition) is 2. The van der Waals surface area contributed by atoms with Gasteiger partial charge in [-0.1, -0.05) is 6.07 Å². The molecule has 0 bridgehead atoms. The highest BCUT2D eigenvalue weighted by atomic mass is 32.1. The van der Waals surface area contributed by atoms with E-state index in [-0.39, 0.29) is 5.91 Å². The molecule has 1 heterocycles. The van der Waals surface area contributed by atoms with Crippen LogP contribution in [0.1, 0.15) is 21.6 Å². The quantitative estimate of drug-likeness (QED) is 0.829. The van der Waals surface area contributed by atoms with Crippen LogP contribution in [0.25, 0.3) is 0 Å². The topological polar surface area (TPSA) is 54.9 Å². The zero-order valence-electron chi connectivity index (χ0n) is 9.92. The van der Waals surface area contributed by atoms with Crippen LogP contribution in [0.3, 0.4) is 0 Å². The Balaban J connectivity index is 2.06. The van der Waals surface area contributed by atoms with Gasteiger partial charge in [0.1, 0.15) is 0 Å². The Hall–Kier alpha value is -1.88. The first-order chi connectivity index (χ1) is 8.66. The summed E-state index contributed by atoms with van der Waals surface area (Å²) in [4.78, 5) is 12.8. The summed E-state index contributed by atoms with van der Waals surface area (Å²) >= 11 is 4.23. The third-order valence-electron chi connectivity index (χ3n) is 2.52. The second kappa shape index (κ2) is 5.64. The van der Waals surface area contributed by atoms with Gasteiger partial charge in [0.15, 0.2) is 0 Å². The molecule has 1 aromatic carbocycles. The van der Waals surface area contributed by atoms with Gasteiger partial charge in [-0.25, -0.2) is 0 Å². The molecule has 0 spiro atoms. The summed E-state index contributed by atoms with van der Waals surface area (Å²) in [6.45, 7) is 2.26. The summed E-state index contributed by atoms with van der Waals surface area (Å²) in [7, 11) is 0. The zero-order valence-corrected chi connectivity index (χ0v) is 10.8. The van der Waals surface area contributed by atoms with Crippen molar-refractivity contribution in [2.24, 2.45) is 0 Å². The van der Waals surface area contributed by atoms with Gasteiger partial charge in [-0.15, -0.1) is 12.6 Å². The van der Waals surface area contributed by atoms with Crippen LogP contribution >= 0.6 is 12.6 Å². The Kier molecular flexibility index (Phi) is 3.94. The molecule has 2 rings (SSSR count). The van der Waals surface area contributed by atoms with E-state index in [1.54, 1.807) is 18.3 Å². The second-order valence-electron chi connectivity index (χ2n) is 3.90. The molecule has 4 nitrogen and oxygen atoms in total. The van der Waals surface area contributed by atoms with Crippen LogP contribution in [-0.2, 0) is 6.54 Å². The minimum Gasteiger partial charge on any atom is -0.346 e. The minimum atomic E-state index is -0.131. The van der Waals surface area contributed by atoms with Crippen LogP contribution in [0.4, 0.5) is 0 Å². The molecular weight excluding hydrogens is 246 g/mol. The molecule has 0 aliphatic heterocycles. The fraction of sp³-hybridized carbons (Fsp3) is 0.154. The van der Waals surface area contributed by atoms with E-state index in [1.165, 1.54) is 0 Å². The first-order valence-electron chi connectivity index (χ1n) is 5.51. The molecule has 0 radical (unpaired) electrons. The molecule has 0 fully saturated rings. The largest absolute Gasteiger partial charge is 0.346 e.